The van der Waals surface area contributed by atoms with E-state index in [-0.39, 0.29) is 12.5 Å². The maximum absolute atomic E-state index is 12.6. The highest BCUT2D eigenvalue weighted by molar-refractivity contribution is 5.84. The lowest BCUT2D eigenvalue weighted by molar-refractivity contribution is -0.144. The molecule has 2 aromatic carbocycles. The van der Waals surface area contributed by atoms with E-state index < -0.39 is 17.6 Å². The monoisotopic (exact) mass is 407 g/mol. The van der Waals surface area contributed by atoms with Crippen LogP contribution in [0, 0.1) is 5.92 Å². The zero-order valence-corrected chi connectivity index (χ0v) is 17.4. The van der Waals surface area contributed by atoms with Crippen LogP contribution in [0.2, 0.25) is 0 Å². The van der Waals surface area contributed by atoms with Gasteiger partial charge in [-0.3, -0.25) is 0 Å². The molecule has 2 aromatic rings. The summed E-state index contributed by atoms with van der Waals surface area (Å²) >= 11 is 0. The van der Waals surface area contributed by atoms with Crippen LogP contribution in [0.4, 0.5) is 4.79 Å². The van der Waals surface area contributed by atoms with Gasteiger partial charge in [-0.1, -0.05) is 80.6 Å². The standard InChI is InChI=1S/C25H29NO4/c1-25(23(27)28,15-17-9-3-2-4-10-17)26-24(29)30-16-22-20-13-7-5-11-18(20)19-12-6-8-14-21(19)22/h5-8,11-14,17,22H,2-4,9-10,15-16H2,1H3,(H,26,29)(H,27,28)/t25-/m0/s1. The molecule has 0 unspecified atom stereocenters. The van der Waals surface area contributed by atoms with E-state index in [2.05, 4.69) is 29.6 Å². The number of ether oxygens (including phenoxy) is 1. The van der Waals surface area contributed by atoms with Crippen LogP contribution in [-0.4, -0.2) is 29.3 Å². The Morgan fingerprint density at radius 2 is 1.57 bits per heavy atom. The van der Waals surface area contributed by atoms with E-state index in [1.54, 1.807) is 6.92 Å². The van der Waals surface area contributed by atoms with Gasteiger partial charge < -0.3 is 15.2 Å². The summed E-state index contributed by atoms with van der Waals surface area (Å²) in [4.78, 5) is 24.5. The van der Waals surface area contributed by atoms with Crippen LogP contribution >= 0.6 is 0 Å². The van der Waals surface area contributed by atoms with Gasteiger partial charge in [0, 0.05) is 5.92 Å². The number of fused-ring (bicyclic) bond motifs is 3. The number of carboxylic acids is 1. The molecule has 30 heavy (non-hydrogen) atoms. The molecule has 0 saturated heterocycles. The SMILES string of the molecule is C[C@@](CC1CCCCC1)(NC(=O)OCC1c2ccccc2-c2ccccc21)C(=O)O. The molecule has 0 aliphatic heterocycles. The Morgan fingerprint density at radius 3 is 2.13 bits per heavy atom. The van der Waals surface area contributed by atoms with Gasteiger partial charge in [-0.15, -0.1) is 0 Å². The van der Waals surface area contributed by atoms with Crippen LogP contribution in [0.1, 0.15) is 62.5 Å². The van der Waals surface area contributed by atoms with E-state index in [0.717, 1.165) is 47.9 Å². The normalized spacial score (nSPS) is 18.2. The van der Waals surface area contributed by atoms with Crippen molar-refractivity contribution in [2.45, 2.75) is 56.9 Å². The fourth-order valence-corrected chi connectivity index (χ4v) is 5.02. The molecule has 0 aromatic heterocycles. The molecule has 0 heterocycles. The summed E-state index contributed by atoms with van der Waals surface area (Å²) in [6.07, 6.45) is 5.28. The molecular formula is C25H29NO4. The Balaban J connectivity index is 1.43. The van der Waals surface area contributed by atoms with Crippen LogP contribution in [0.25, 0.3) is 11.1 Å². The van der Waals surface area contributed by atoms with Crippen molar-refractivity contribution in [3.8, 4) is 11.1 Å². The minimum Gasteiger partial charge on any atom is -0.480 e. The second-order valence-corrected chi connectivity index (χ2v) is 8.80. The largest absolute Gasteiger partial charge is 0.480 e. The molecule has 2 aliphatic carbocycles. The Morgan fingerprint density at radius 1 is 1.00 bits per heavy atom. The first-order chi connectivity index (χ1) is 14.5. The number of hydrogen-bond acceptors (Lipinski definition) is 3. The third-order valence-corrected chi connectivity index (χ3v) is 6.62. The van der Waals surface area contributed by atoms with E-state index in [4.69, 9.17) is 4.74 Å². The molecule has 2 aliphatic rings. The lowest BCUT2D eigenvalue weighted by atomic mass is 9.80. The van der Waals surface area contributed by atoms with Gasteiger partial charge in [0.2, 0.25) is 0 Å². The molecule has 4 rings (SSSR count). The van der Waals surface area contributed by atoms with Crippen LogP contribution in [0.3, 0.4) is 0 Å². The number of alkyl carbamates (subject to hydrolysis) is 1. The first-order valence-corrected chi connectivity index (χ1v) is 10.8. The Hall–Kier alpha value is -2.82. The van der Waals surface area contributed by atoms with Gasteiger partial charge in [-0.25, -0.2) is 9.59 Å². The molecule has 158 valence electrons. The van der Waals surface area contributed by atoms with Gasteiger partial charge >= 0.3 is 12.1 Å². The third kappa shape index (κ3) is 4.07. The third-order valence-electron chi connectivity index (χ3n) is 6.62. The van der Waals surface area contributed by atoms with E-state index in [9.17, 15) is 14.7 Å². The average Bonchev–Trinajstić information content (AvgIpc) is 3.06. The van der Waals surface area contributed by atoms with Gasteiger partial charge in [-0.05, 0) is 41.5 Å². The van der Waals surface area contributed by atoms with Gasteiger partial charge in [0.1, 0.15) is 12.1 Å². The second-order valence-electron chi connectivity index (χ2n) is 8.80. The number of hydrogen-bond donors (Lipinski definition) is 2. The maximum atomic E-state index is 12.6. The number of amides is 1. The summed E-state index contributed by atoms with van der Waals surface area (Å²) < 4.78 is 5.56. The molecule has 5 nitrogen and oxygen atoms in total. The Bertz CT molecular complexity index is 889. The van der Waals surface area contributed by atoms with Gasteiger partial charge in [0.15, 0.2) is 0 Å². The van der Waals surface area contributed by atoms with Crippen LogP contribution in [0.5, 0.6) is 0 Å². The fraction of sp³-hybridized carbons (Fsp3) is 0.440. The first-order valence-electron chi connectivity index (χ1n) is 10.8. The van der Waals surface area contributed by atoms with Crippen molar-refractivity contribution in [3.05, 3.63) is 59.7 Å². The summed E-state index contributed by atoms with van der Waals surface area (Å²) in [5.41, 5.74) is 3.28. The molecule has 1 fully saturated rings. The topological polar surface area (TPSA) is 75.6 Å². The fourth-order valence-electron chi connectivity index (χ4n) is 5.02. The summed E-state index contributed by atoms with van der Waals surface area (Å²) in [5.74, 6) is -0.729. The molecule has 1 amide bonds. The van der Waals surface area contributed by atoms with Crippen LogP contribution in [0.15, 0.2) is 48.5 Å². The highest BCUT2D eigenvalue weighted by Gasteiger charge is 2.38. The summed E-state index contributed by atoms with van der Waals surface area (Å²) in [6.45, 7) is 1.77. The lowest BCUT2D eigenvalue weighted by Crippen LogP contribution is -2.53. The van der Waals surface area contributed by atoms with E-state index in [0.29, 0.717) is 12.3 Å². The van der Waals surface area contributed by atoms with Crippen molar-refractivity contribution in [1.29, 1.82) is 0 Å². The number of carboxylic acid groups (broad SMARTS) is 1. The molecule has 0 radical (unpaired) electrons. The summed E-state index contributed by atoms with van der Waals surface area (Å²) in [6, 6.07) is 16.3. The molecule has 1 atom stereocenters. The van der Waals surface area contributed by atoms with E-state index >= 15 is 0 Å². The van der Waals surface area contributed by atoms with Crippen LogP contribution < -0.4 is 5.32 Å². The number of aliphatic carboxylic acids is 1. The van der Waals surface area contributed by atoms with Crippen LogP contribution in [-0.2, 0) is 9.53 Å². The summed E-state index contributed by atoms with van der Waals surface area (Å²) in [5, 5.41) is 12.4. The zero-order chi connectivity index (χ0) is 21.1. The molecule has 0 bridgehead atoms. The molecule has 2 N–H and O–H groups in total. The highest BCUT2D eigenvalue weighted by atomic mass is 16.5. The van der Waals surface area contributed by atoms with Crippen molar-refractivity contribution < 1.29 is 19.4 Å². The van der Waals surface area contributed by atoms with Crippen molar-refractivity contribution in [1.82, 2.24) is 5.32 Å². The number of carbonyl (C=O) groups excluding carboxylic acids is 1. The number of carbonyl (C=O) groups is 2. The Labute approximate surface area is 177 Å². The minimum atomic E-state index is -1.31. The zero-order valence-electron chi connectivity index (χ0n) is 17.4. The minimum absolute atomic E-state index is 0.0439. The first kappa shape index (κ1) is 20.5. The number of nitrogens with one attached hydrogen (secondary N) is 1. The second kappa shape index (κ2) is 8.50. The maximum Gasteiger partial charge on any atom is 0.408 e. The summed E-state index contributed by atoms with van der Waals surface area (Å²) in [7, 11) is 0. The van der Waals surface area contributed by atoms with Crippen molar-refractivity contribution >= 4 is 12.1 Å². The predicted octanol–water partition coefficient (Wildman–Crippen LogP) is 5.34. The molecule has 5 heteroatoms. The van der Waals surface area contributed by atoms with E-state index in [1.807, 2.05) is 24.3 Å². The van der Waals surface area contributed by atoms with Gasteiger partial charge in [-0.2, -0.15) is 0 Å². The number of benzene rings is 2. The molecule has 0 spiro atoms. The molecule has 1 saturated carbocycles. The average molecular weight is 408 g/mol. The quantitative estimate of drug-likeness (QED) is 0.678. The van der Waals surface area contributed by atoms with Gasteiger partial charge in [0.25, 0.3) is 0 Å². The highest BCUT2D eigenvalue weighted by Crippen LogP contribution is 2.44. The Kier molecular flexibility index (Phi) is 5.80. The van der Waals surface area contributed by atoms with Crippen molar-refractivity contribution in [3.63, 3.8) is 0 Å². The van der Waals surface area contributed by atoms with Crippen molar-refractivity contribution in [2.24, 2.45) is 5.92 Å². The predicted molar refractivity (Wildman–Crippen MR) is 115 cm³/mol. The van der Waals surface area contributed by atoms with Gasteiger partial charge in [0.05, 0.1) is 0 Å². The molecular weight excluding hydrogens is 378 g/mol. The van der Waals surface area contributed by atoms with Crippen molar-refractivity contribution in [2.75, 3.05) is 6.61 Å². The number of rotatable bonds is 6. The smallest absolute Gasteiger partial charge is 0.408 e. The van der Waals surface area contributed by atoms with E-state index in [1.165, 1.54) is 6.42 Å². The lowest BCUT2D eigenvalue weighted by Gasteiger charge is -2.32.